The van der Waals surface area contributed by atoms with Gasteiger partial charge in [0.2, 0.25) is 0 Å². The second-order valence-corrected chi connectivity index (χ2v) is 5.07. The Morgan fingerprint density at radius 1 is 1.55 bits per heavy atom. The Balaban J connectivity index is 2.53. The van der Waals surface area contributed by atoms with Gasteiger partial charge < -0.3 is 20.5 Å². The van der Waals surface area contributed by atoms with E-state index in [4.69, 9.17) is 39.0 Å². The lowest BCUT2D eigenvalue weighted by molar-refractivity contribution is -0.124. The van der Waals surface area contributed by atoms with Crippen LogP contribution in [0.3, 0.4) is 0 Å². The molecule has 1 aromatic rings. The maximum absolute atomic E-state index is 11.6. The molecule has 0 spiro atoms. The number of amides is 1. The van der Waals surface area contributed by atoms with Crippen LogP contribution in [0.15, 0.2) is 18.2 Å². The lowest BCUT2D eigenvalue weighted by atomic mass is 10.2. The lowest BCUT2D eigenvalue weighted by Gasteiger charge is -2.13. The van der Waals surface area contributed by atoms with Gasteiger partial charge in [0.1, 0.15) is 10.7 Å². The van der Waals surface area contributed by atoms with E-state index in [1.807, 2.05) is 6.92 Å². The highest BCUT2D eigenvalue weighted by Gasteiger charge is 2.10. The van der Waals surface area contributed by atoms with Gasteiger partial charge in [-0.2, -0.15) is 0 Å². The Bertz CT molecular complexity index is 497. The van der Waals surface area contributed by atoms with Gasteiger partial charge in [-0.15, -0.1) is 0 Å². The topological polar surface area (TPSA) is 73.6 Å². The van der Waals surface area contributed by atoms with E-state index in [1.165, 1.54) is 0 Å². The van der Waals surface area contributed by atoms with Crippen molar-refractivity contribution in [2.45, 2.75) is 13.0 Å². The molecule has 0 aliphatic rings. The molecule has 20 heavy (non-hydrogen) atoms. The molecule has 0 heterocycles. The fourth-order valence-electron chi connectivity index (χ4n) is 1.52. The first kappa shape index (κ1) is 16.7. The van der Waals surface area contributed by atoms with E-state index in [0.29, 0.717) is 22.9 Å². The SMILES string of the molecule is COCC(C)NC(=O)COc1ccc(C(N)=S)cc1Cl. The molecule has 0 bridgehead atoms. The van der Waals surface area contributed by atoms with E-state index in [9.17, 15) is 4.79 Å². The second kappa shape index (κ2) is 8.04. The molecule has 110 valence electrons. The third-order valence-electron chi connectivity index (χ3n) is 2.40. The van der Waals surface area contributed by atoms with Gasteiger partial charge >= 0.3 is 0 Å². The minimum absolute atomic E-state index is 0.0800. The predicted molar refractivity (Wildman–Crippen MR) is 82.3 cm³/mol. The van der Waals surface area contributed by atoms with Crippen molar-refractivity contribution >= 4 is 34.7 Å². The summed E-state index contributed by atoms with van der Waals surface area (Å²) >= 11 is 10.9. The number of ether oxygens (including phenoxy) is 2. The number of carbonyl (C=O) groups excluding carboxylic acids is 1. The minimum atomic E-state index is -0.246. The molecular formula is C13H17ClN2O3S. The largest absolute Gasteiger partial charge is 0.482 e. The number of benzene rings is 1. The first-order valence-corrected chi connectivity index (χ1v) is 6.73. The molecule has 1 unspecified atom stereocenters. The monoisotopic (exact) mass is 316 g/mol. The number of carbonyl (C=O) groups is 1. The van der Waals surface area contributed by atoms with E-state index < -0.39 is 0 Å². The molecule has 1 amide bonds. The maximum atomic E-state index is 11.6. The van der Waals surface area contributed by atoms with Gasteiger partial charge in [-0.25, -0.2) is 0 Å². The zero-order valence-corrected chi connectivity index (χ0v) is 12.9. The van der Waals surface area contributed by atoms with Crippen molar-refractivity contribution in [3.8, 4) is 5.75 Å². The molecule has 0 aliphatic carbocycles. The quantitative estimate of drug-likeness (QED) is 0.746. The summed E-state index contributed by atoms with van der Waals surface area (Å²) in [5.74, 6) is 0.158. The highest BCUT2D eigenvalue weighted by Crippen LogP contribution is 2.25. The minimum Gasteiger partial charge on any atom is -0.482 e. The summed E-state index contributed by atoms with van der Waals surface area (Å²) in [5, 5.41) is 3.08. The molecule has 3 N–H and O–H groups in total. The molecule has 0 radical (unpaired) electrons. The summed E-state index contributed by atoms with van der Waals surface area (Å²) in [6.45, 7) is 2.15. The van der Waals surface area contributed by atoms with Crippen molar-refractivity contribution in [2.75, 3.05) is 20.3 Å². The number of nitrogens with one attached hydrogen (secondary N) is 1. The summed E-state index contributed by atoms with van der Waals surface area (Å²) in [4.78, 5) is 11.9. The summed E-state index contributed by atoms with van der Waals surface area (Å²) in [5.41, 5.74) is 6.14. The number of hydrogen-bond donors (Lipinski definition) is 2. The van der Waals surface area contributed by atoms with Crippen LogP contribution in [0.25, 0.3) is 0 Å². The van der Waals surface area contributed by atoms with E-state index in [1.54, 1.807) is 25.3 Å². The zero-order chi connectivity index (χ0) is 15.1. The third kappa shape index (κ3) is 5.32. The zero-order valence-electron chi connectivity index (χ0n) is 11.3. The van der Waals surface area contributed by atoms with Crippen molar-refractivity contribution in [1.29, 1.82) is 0 Å². The van der Waals surface area contributed by atoms with Crippen molar-refractivity contribution < 1.29 is 14.3 Å². The summed E-state index contributed by atoms with van der Waals surface area (Å²) in [7, 11) is 1.57. The van der Waals surface area contributed by atoms with Gasteiger partial charge in [-0.3, -0.25) is 4.79 Å². The molecule has 0 aliphatic heterocycles. The molecule has 0 saturated carbocycles. The average Bonchev–Trinajstić information content (AvgIpc) is 2.37. The first-order valence-electron chi connectivity index (χ1n) is 5.94. The van der Waals surface area contributed by atoms with Crippen LogP contribution in [0.1, 0.15) is 12.5 Å². The van der Waals surface area contributed by atoms with Crippen LogP contribution in [0.2, 0.25) is 5.02 Å². The molecule has 0 aromatic heterocycles. The van der Waals surface area contributed by atoms with Crippen LogP contribution in [0.4, 0.5) is 0 Å². The number of nitrogens with two attached hydrogens (primary N) is 1. The number of methoxy groups -OCH3 is 1. The Kier molecular flexibility index (Phi) is 6.70. The van der Waals surface area contributed by atoms with Crippen LogP contribution in [0.5, 0.6) is 5.75 Å². The molecule has 1 rings (SSSR count). The molecule has 1 aromatic carbocycles. The fraction of sp³-hybridized carbons (Fsp3) is 0.385. The van der Waals surface area contributed by atoms with Crippen molar-refractivity contribution in [1.82, 2.24) is 5.32 Å². The van der Waals surface area contributed by atoms with Crippen LogP contribution >= 0.6 is 23.8 Å². The van der Waals surface area contributed by atoms with Crippen molar-refractivity contribution in [3.05, 3.63) is 28.8 Å². The Hall–Kier alpha value is -1.37. The van der Waals surface area contributed by atoms with Gasteiger partial charge in [0, 0.05) is 18.7 Å². The highest BCUT2D eigenvalue weighted by atomic mass is 35.5. The molecule has 1 atom stereocenters. The van der Waals surface area contributed by atoms with Gasteiger partial charge in [0.25, 0.3) is 5.91 Å². The average molecular weight is 317 g/mol. The van der Waals surface area contributed by atoms with Crippen LogP contribution in [-0.4, -0.2) is 37.3 Å². The van der Waals surface area contributed by atoms with E-state index in [-0.39, 0.29) is 23.5 Å². The summed E-state index contributed by atoms with van der Waals surface area (Å²) in [6.07, 6.45) is 0. The number of rotatable bonds is 7. The van der Waals surface area contributed by atoms with Crippen LogP contribution < -0.4 is 15.8 Å². The van der Waals surface area contributed by atoms with Crippen molar-refractivity contribution in [3.63, 3.8) is 0 Å². The normalized spacial score (nSPS) is 11.8. The number of thiocarbonyl (C=S) groups is 1. The van der Waals surface area contributed by atoms with Crippen molar-refractivity contribution in [2.24, 2.45) is 5.73 Å². The molecular weight excluding hydrogens is 300 g/mol. The maximum Gasteiger partial charge on any atom is 0.258 e. The Morgan fingerprint density at radius 2 is 2.25 bits per heavy atom. The fourth-order valence-corrected chi connectivity index (χ4v) is 1.88. The van der Waals surface area contributed by atoms with Gasteiger partial charge in [0.15, 0.2) is 6.61 Å². The van der Waals surface area contributed by atoms with E-state index >= 15 is 0 Å². The molecule has 0 fully saturated rings. The van der Waals surface area contributed by atoms with Gasteiger partial charge in [0.05, 0.1) is 11.6 Å². The van der Waals surface area contributed by atoms with Gasteiger partial charge in [-0.1, -0.05) is 23.8 Å². The number of halogens is 1. The standard InChI is InChI=1S/C13H17ClN2O3S/c1-8(6-18-2)16-12(17)7-19-11-4-3-9(13(15)20)5-10(11)14/h3-5,8H,6-7H2,1-2H3,(H2,15,20)(H,16,17). The Morgan fingerprint density at radius 3 is 2.80 bits per heavy atom. The number of hydrogen-bond acceptors (Lipinski definition) is 4. The van der Waals surface area contributed by atoms with Crippen LogP contribution in [-0.2, 0) is 9.53 Å². The summed E-state index contributed by atoms with van der Waals surface area (Å²) in [6, 6.07) is 4.84. The first-order chi connectivity index (χ1) is 9.43. The van der Waals surface area contributed by atoms with Gasteiger partial charge in [-0.05, 0) is 25.1 Å². The van der Waals surface area contributed by atoms with E-state index in [2.05, 4.69) is 5.32 Å². The molecule has 5 nitrogen and oxygen atoms in total. The second-order valence-electron chi connectivity index (χ2n) is 4.22. The van der Waals surface area contributed by atoms with E-state index in [0.717, 1.165) is 0 Å². The predicted octanol–water partition coefficient (Wildman–Crippen LogP) is 1.50. The lowest BCUT2D eigenvalue weighted by Crippen LogP contribution is -2.38. The Labute approximate surface area is 128 Å². The smallest absolute Gasteiger partial charge is 0.258 e. The van der Waals surface area contributed by atoms with Crippen LogP contribution in [0, 0.1) is 0 Å². The molecule has 0 saturated heterocycles. The highest BCUT2D eigenvalue weighted by molar-refractivity contribution is 7.80. The summed E-state index contributed by atoms with van der Waals surface area (Å²) < 4.78 is 10.3. The third-order valence-corrected chi connectivity index (χ3v) is 2.93. The molecule has 7 heteroatoms.